The summed E-state index contributed by atoms with van der Waals surface area (Å²) >= 11 is 3.35. The highest BCUT2D eigenvalue weighted by Crippen LogP contribution is 2.22. The van der Waals surface area contributed by atoms with Gasteiger partial charge in [-0.15, -0.1) is 0 Å². The predicted octanol–water partition coefficient (Wildman–Crippen LogP) is 2.88. The number of halogens is 1. The Bertz CT molecular complexity index is 712. The summed E-state index contributed by atoms with van der Waals surface area (Å²) in [6.07, 6.45) is 0. The average molecular weight is 389 g/mol. The second kappa shape index (κ2) is 7.30. The van der Waals surface area contributed by atoms with Crippen molar-refractivity contribution in [2.75, 3.05) is 31.1 Å². The van der Waals surface area contributed by atoms with E-state index in [1.165, 1.54) is 0 Å². The van der Waals surface area contributed by atoms with Gasteiger partial charge in [0.2, 0.25) is 5.91 Å². The number of carbonyl (C=O) groups is 1. The molecule has 0 N–H and O–H groups in total. The first kappa shape index (κ1) is 16.9. The lowest BCUT2D eigenvalue weighted by Gasteiger charge is -2.36. The largest absolute Gasteiger partial charge is 0.353 e. The van der Waals surface area contributed by atoms with Crippen molar-refractivity contribution in [1.29, 1.82) is 0 Å². The third kappa shape index (κ3) is 3.75. The fourth-order valence-corrected chi connectivity index (χ4v) is 3.17. The molecule has 1 fully saturated rings. The molecule has 1 atom stereocenters. The fraction of sp³-hybridized carbons (Fsp3) is 0.389. The van der Waals surface area contributed by atoms with Crippen LogP contribution in [0.5, 0.6) is 0 Å². The van der Waals surface area contributed by atoms with Crippen LogP contribution in [-0.4, -0.2) is 51.8 Å². The van der Waals surface area contributed by atoms with E-state index in [1.54, 1.807) is 0 Å². The van der Waals surface area contributed by atoms with Gasteiger partial charge in [-0.3, -0.25) is 4.79 Å². The van der Waals surface area contributed by atoms with Gasteiger partial charge in [0, 0.05) is 37.8 Å². The van der Waals surface area contributed by atoms with Crippen LogP contribution in [0, 0.1) is 6.92 Å². The quantitative estimate of drug-likeness (QED) is 0.758. The summed E-state index contributed by atoms with van der Waals surface area (Å²) in [4.78, 5) is 25.2. The molecule has 0 radical (unpaired) electrons. The predicted molar refractivity (Wildman–Crippen MR) is 99.4 cm³/mol. The molecule has 1 aromatic carbocycles. The molecule has 24 heavy (non-hydrogen) atoms. The molecule has 126 valence electrons. The molecule has 0 bridgehead atoms. The number of carbonyl (C=O) groups excluding carboxylic acids is 1. The lowest BCUT2D eigenvalue weighted by molar-refractivity contribution is -0.130. The van der Waals surface area contributed by atoms with Crippen molar-refractivity contribution in [3.05, 3.63) is 42.2 Å². The fourth-order valence-electron chi connectivity index (χ4n) is 2.88. The van der Waals surface area contributed by atoms with Gasteiger partial charge in [0.25, 0.3) is 0 Å². The van der Waals surface area contributed by atoms with Crippen molar-refractivity contribution in [2.24, 2.45) is 0 Å². The van der Waals surface area contributed by atoms with E-state index in [1.807, 2.05) is 43.0 Å². The second-order valence-corrected chi connectivity index (χ2v) is 7.33. The normalized spacial score (nSPS) is 16.1. The summed E-state index contributed by atoms with van der Waals surface area (Å²) in [5, 5.41) is 0. The standard InChI is InChI=1S/C18H21BrN4O/c1-13(19)18(24)23-10-8-22(9-11-23)17-12-16(20-14(2)21-17)15-6-4-3-5-7-15/h3-7,12-13H,8-11H2,1-2H3. The van der Waals surface area contributed by atoms with E-state index in [0.29, 0.717) is 0 Å². The van der Waals surface area contributed by atoms with Crippen LogP contribution in [-0.2, 0) is 4.79 Å². The molecule has 2 aromatic rings. The van der Waals surface area contributed by atoms with Crippen LogP contribution in [0.4, 0.5) is 5.82 Å². The first-order chi connectivity index (χ1) is 11.5. The lowest BCUT2D eigenvalue weighted by atomic mass is 10.1. The first-order valence-corrected chi connectivity index (χ1v) is 9.05. The minimum Gasteiger partial charge on any atom is -0.353 e. The number of aromatic nitrogens is 2. The second-order valence-electron chi connectivity index (χ2n) is 5.95. The monoisotopic (exact) mass is 388 g/mol. The number of anilines is 1. The van der Waals surface area contributed by atoms with Crippen LogP contribution < -0.4 is 4.90 Å². The number of hydrogen-bond donors (Lipinski definition) is 0. The highest BCUT2D eigenvalue weighted by Gasteiger charge is 2.24. The molecule has 2 heterocycles. The SMILES string of the molecule is Cc1nc(-c2ccccc2)cc(N2CCN(C(=O)C(C)Br)CC2)n1. The summed E-state index contributed by atoms with van der Waals surface area (Å²) in [5.74, 6) is 1.85. The highest BCUT2D eigenvalue weighted by molar-refractivity contribution is 9.10. The molecule has 0 aliphatic carbocycles. The Hall–Kier alpha value is -1.95. The maximum Gasteiger partial charge on any atom is 0.236 e. The van der Waals surface area contributed by atoms with Crippen molar-refractivity contribution in [3.8, 4) is 11.3 Å². The Labute approximate surface area is 150 Å². The van der Waals surface area contributed by atoms with E-state index in [4.69, 9.17) is 0 Å². The zero-order chi connectivity index (χ0) is 17.1. The molecule has 3 rings (SSSR count). The molecule has 1 aliphatic heterocycles. The van der Waals surface area contributed by atoms with Crippen molar-refractivity contribution in [1.82, 2.24) is 14.9 Å². The molecular formula is C18H21BrN4O. The molecule has 1 aromatic heterocycles. The Morgan fingerprint density at radius 3 is 2.42 bits per heavy atom. The summed E-state index contributed by atoms with van der Waals surface area (Å²) in [7, 11) is 0. The van der Waals surface area contributed by atoms with Gasteiger partial charge in [-0.1, -0.05) is 46.3 Å². The minimum atomic E-state index is -0.130. The number of piperazine rings is 1. The molecule has 0 spiro atoms. The van der Waals surface area contributed by atoms with Crippen molar-refractivity contribution < 1.29 is 4.79 Å². The van der Waals surface area contributed by atoms with Gasteiger partial charge in [0.1, 0.15) is 11.6 Å². The van der Waals surface area contributed by atoms with Crippen LogP contribution in [0.25, 0.3) is 11.3 Å². The average Bonchev–Trinajstić information content (AvgIpc) is 2.61. The smallest absolute Gasteiger partial charge is 0.236 e. The van der Waals surface area contributed by atoms with Gasteiger partial charge in [-0.05, 0) is 13.8 Å². The van der Waals surface area contributed by atoms with E-state index in [0.717, 1.165) is 49.1 Å². The summed E-state index contributed by atoms with van der Waals surface area (Å²) in [5.41, 5.74) is 2.02. The third-order valence-corrected chi connectivity index (χ3v) is 4.54. The summed E-state index contributed by atoms with van der Waals surface area (Å²) < 4.78 is 0. The molecule has 1 saturated heterocycles. The van der Waals surface area contributed by atoms with Gasteiger partial charge >= 0.3 is 0 Å². The van der Waals surface area contributed by atoms with Crippen LogP contribution in [0.15, 0.2) is 36.4 Å². The van der Waals surface area contributed by atoms with Gasteiger partial charge < -0.3 is 9.80 Å². The number of alkyl halides is 1. The number of benzene rings is 1. The summed E-state index contributed by atoms with van der Waals surface area (Å²) in [6.45, 7) is 6.81. The van der Waals surface area contributed by atoms with Crippen molar-refractivity contribution >= 4 is 27.7 Å². The molecule has 6 heteroatoms. The number of aryl methyl sites for hydroxylation is 1. The maximum absolute atomic E-state index is 12.1. The molecule has 1 amide bonds. The van der Waals surface area contributed by atoms with E-state index < -0.39 is 0 Å². The van der Waals surface area contributed by atoms with Gasteiger partial charge in [-0.25, -0.2) is 9.97 Å². The molecule has 0 saturated carbocycles. The molecule has 1 aliphatic rings. The maximum atomic E-state index is 12.1. The van der Waals surface area contributed by atoms with Crippen LogP contribution in [0.2, 0.25) is 0 Å². The van der Waals surface area contributed by atoms with E-state index in [2.05, 4.69) is 42.9 Å². The Balaban J connectivity index is 1.77. The molecule has 5 nitrogen and oxygen atoms in total. The topological polar surface area (TPSA) is 49.3 Å². The zero-order valence-electron chi connectivity index (χ0n) is 13.9. The highest BCUT2D eigenvalue weighted by atomic mass is 79.9. The van der Waals surface area contributed by atoms with Gasteiger partial charge in [-0.2, -0.15) is 0 Å². The lowest BCUT2D eigenvalue weighted by Crippen LogP contribution is -2.50. The van der Waals surface area contributed by atoms with Crippen LogP contribution in [0.1, 0.15) is 12.7 Å². The Morgan fingerprint density at radius 2 is 1.79 bits per heavy atom. The Morgan fingerprint density at radius 1 is 1.12 bits per heavy atom. The Kier molecular flexibility index (Phi) is 5.14. The van der Waals surface area contributed by atoms with Gasteiger partial charge in [0.05, 0.1) is 10.5 Å². The van der Waals surface area contributed by atoms with E-state index in [-0.39, 0.29) is 10.7 Å². The molecular weight excluding hydrogens is 368 g/mol. The summed E-state index contributed by atoms with van der Waals surface area (Å²) in [6, 6.07) is 12.2. The number of nitrogens with zero attached hydrogens (tertiary/aromatic N) is 4. The van der Waals surface area contributed by atoms with Crippen molar-refractivity contribution in [2.45, 2.75) is 18.7 Å². The third-order valence-electron chi connectivity index (χ3n) is 4.15. The number of amides is 1. The van der Waals surface area contributed by atoms with Crippen LogP contribution in [0.3, 0.4) is 0 Å². The minimum absolute atomic E-state index is 0.130. The van der Waals surface area contributed by atoms with Crippen molar-refractivity contribution in [3.63, 3.8) is 0 Å². The number of hydrogen-bond acceptors (Lipinski definition) is 4. The number of rotatable bonds is 3. The zero-order valence-corrected chi connectivity index (χ0v) is 15.5. The first-order valence-electron chi connectivity index (χ1n) is 8.13. The van der Waals surface area contributed by atoms with Crippen LogP contribution >= 0.6 is 15.9 Å². The van der Waals surface area contributed by atoms with E-state index in [9.17, 15) is 4.79 Å². The van der Waals surface area contributed by atoms with E-state index >= 15 is 0 Å². The van der Waals surface area contributed by atoms with Gasteiger partial charge in [0.15, 0.2) is 0 Å². The molecule has 1 unspecified atom stereocenters.